The van der Waals surface area contributed by atoms with E-state index in [1.54, 1.807) is 6.08 Å². The van der Waals surface area contributed by atoms with Gasteiger partial charge >= 0.3 is 0 Å². The Balaban J connectivity index is 2.44. The zero-order valence-corrected chi connectivity index (χ0v) is 9.59. The summed E-state index contributed by atoms with van der Waals surface area (Å²) in [6.45, 7) is 2.04. The number of halogens is 2. The number of carbonyl (C=O) groups excluding carboxylic acids is 1. The first-order chi connectivity index (χ1) is 7.59. The summed E-state index contributed by atoms with van der Waals surface area (Å²) in [5.41, 5.74) is 0.731. The van der Waals surface area contributed by atoms with E-state index in [4.69, 9.17) is 11.6 Å². The van der Waals surface area contributed by atoms with Gasteiger partial charge in [-0.2, -0.15) is 4.39 Å². The third-order valence-electron chi connectivity index (χ3n) is 1.81. The molecule has 1 aromatic rings. The Morgan fingerprint density at radius 3 is 3.06 bits per heavy atom. The van der Waals surface area contributed by atoms with Crippen molar-refractivity contribution in [2.45, 2.75) is 13.3 Å². The average Bonchev–Trinajstić information content (AvgIpc) is 2.22. The van der Waals surface area contributed by atoms with Crippen LogP contribution in [0.25, 0.3) is 6.08 Å². The Bertz CT molecular complexity index is 407. The quantitative estimate of drug-likeness (QED) is 0.651. The highest BCUT2D eigenvalue weighted by molar-refractivity contribution is 6.30. The monoisotopic (exact) mass is 242 g/mol. The van der Waals surface area contributed by atoms with Gasteiger partial charge in [-0.15, -0.1) is 0 Å². The molecule has 0 bridgehead atoms. The van der Waals surface area contributed by atoms with Gasteiger partial charge in [0.15, 0.2) is 0 Å². The SMILES string of the molecule is CC(=O)NCCC=Cc1cnc(F)c(Cl)c1. The summed E-state index contributed by atoms with van der Waals surface area (Å²) in [4.78, 5) is 14.0. The average molecular weight is 243 g/mol. The third-order valence-corrected chi connectivity index (χ3v) is 2.08. The fraction of sp³-hybridized carbons (Fsp3) is 0.273. The molecule has 1 rings (SSSR count). The highest BCUT2D eigenvalue weighted by Crippen LogP contribution is 2.14. The highest BCUT2D eigenvalue weighted by atomic mass is 35.5. The Morgan fingerprint density at radius 1 is 1.69 bits per heavy atom. The summed E-state index contributed by atoms with van der Waals surface area (Å²) in [6, 6.07) is 1.50. The summed E-state index contributed by atoms with van der Waals surface area (Å²) in [6.07, 6.45) is 5.74. The Kier molecular flexibility index (Phi) is 4.92. The van der Waals surface area contributed by atoms with Gasteiger partial charge in [0.2, 0.25) is 11.9 Å². The van der Waals surface area contributed by atoms with Crippen LogP contribution in [0, 0.1) is 5.95 Å². The number of nitrogens with one attached hydrogen (secondary N) is 1. The van der Waals surface area contributed by atoms with Crippen LogP contribution in [-0.4, -0.2) is 17.4 Å². The highest BCUT2D eigenvalue weighted by Gasteiger charge is 1.99. The summed E-state index contributed by atoms with van der Waals surface area (Å²) < 4.78 is 12.7. The topological polar surface area (TPSA) is 42.0 Å². The molecule has 0 unspecified atom stereocenters. The molecular weight excluding hydrogens is 231 g/mol. The van der Waals surface area contributed by atoms with Crippen molar-refractivity contribution in [3.63, 3.8) is 0 Å². The lowest BCUT2D eigenvalue weighted by atomic mass is 10.2. The van der Waals surface area contributed by atoms with E-state index in [2.05, 4.69) is 10.3 Å². The summed E-state index contributed by atoms with van der Waals surface area (Å²) >= 11 is 5.57. The van der Waals surface area contributed by atoms with Gasteiger partial charge in [0.05, 0.1) is 5.02 Å². The van der Waals surface area contributed by atoms with Gasteiger partial charge < -0.3 is 5.32 Å². The number of carbonyl (C=O) groups is 1. The normalized spacial score (nSPS) is 10.7. The van der Waals surface area contributed by atoms with Crippen LogP contribution in [0.3, 0.4) is 0 Å². The first kappa shape index (κ1) is 12.6. The molecule has 86 valence electrons. The molecule has 3 nitrogen and oxygen atoms in total. The van der Waals surface area contributed by atoms with Crippen LogP contribution in [0.5, 0.6) is 0 Å². The molecule has 1 N–H and O–H groups in total. The second kappa shape index (κ2) is 6.23. The van der Waals surface area contributed by atoms with Gasteiger partial charge in [0.1, 0.15) is 0 Å². The molecule has 0 aromatic carbocycles. The minimum atomic E-state index is -0.669. The minimum Gasteiger partial charge on any atom is -0.356 e. The second-order valence-electron chi connectivity index (χ2n) is 3.22. The van der Waals surface area contributed by atoms with Crippen molar-refractivity contribution in [2.24, 2.45) is 0 Å². The molecule has 1 amide bonds. The van der Waals surface area contributed by atoms with Crippen molar-refractivity contribution in [2.75, 3.05) is 6.54 Å². The first-order valence-electron chi connectivity index (χ1n) is 4.81. The summed E-state index contributed by atoms with van der Waals surface area (Å²) in [7, 11) is 0. The summed E-state index contributed by atoms with van der Waals surface area (Å²) in [5.74, 6) is -0.725. The van der Waals surface area contributed by atoms with Crippen LogP contribution < -0.4 is 5.32 Å². The Labute approximate surface area is 98.3 Å². The van der Waals surface area contributed by atoms with Crippen molar-refractivity contribution in [1.29, 1.82) is 0 Å². The molecule has 0 spiro atoms. The van der Waals surface area contributed by atoms with Gasteiger partial charge in [-0.05, 0) is 18.1 Å². The second-order valence-corrected chi connectivity index (χ2v) is 3.62. The molecule has 0 aliphatic carbocycles. The van der Waals surface area contributed by atoms with Crippen molar-refractivity contribution in [3.05, 3.63) is 34.9 Å². The van der Waals surface area contributed by atoms with E-state index < -0.39 is 5.95 Å². The molecule has 0 fully saturated rings. The molecule has 5 heteroatoms. The molecule has 0 saturated carbocycles. The molecule has 1 aromatic heterocycles. The molecule has 16 heavy (non-hydrogen) atoms. The molecule has 0 aliphatic heterocycles. The molecule has 0 saturated heterocycles. The molecule has 0 atom stereocenters. The molecular formula is C11H12ClFN2O. The Hall–Kier alpha value is -1.42. The van der Waals surface area contributed by atoms with Crippen LogP contribution in [0.4, 0.5) is 4.39 Å². The molecule has 0 aliphatic rings. The number of hydrogen-bond acceptors (Lipinski definition) is 2. The minimum absolute atomic E-state index is 0.00371. The van der Waals surface area contributed by atoms with Crippen LogP contribution in [0.1, 0.15) is 18.9 Å². The largest absolute Gasteiger partial charge is 0.356 e. The molecule has 0 radical (unpaired) electrons. The standard InChI is InChI=1S/C11H12ClFN2O/c1-8(16)14-5-3-2-4-9-6-10(12)11(13)15-7-9/h2,4,6-7H,3,5H2,1H3,(H,14,16). The van der Waals surface area contributed by atoms with E-state index in [0.717, 1.165) is 5.56 Å². The zero-order chi connectivity index (χ0) is 12.0. The predicted octanol–water partition coefficient (Wildman–Crippen LogP) is 2.41. The summed E-state index contributed by atoms with van der Waals surface area (Å²) in [5, 5.41) is 2.66. The van der Waals surface area contributed by atoms with E-state index in [0.29, 0.717) is 13.0 Å². The van der Waals surface area contributed by atoms with E-state index in [1.807, 2.05) is 6.08 Å². The van der Waals surface area contributed by atoms with E-state index >= 15 is 0 Å². The van der Waals surface area contributed by atoms with Crippen molar-refractivity contribution in [1.82, 2.24) is 10.3 Å². The van der Waals surface area contributed by atoms with Gasteiger partial charge in [-0.1, -0.05) is 23.8 Å². The lowest BCUT2D eigenvalue weighted by Gasteiger charge is -1.97. The van der Waals surface area contributed by atoms with Crippen molar-refractivity contribution < 1.29 is 9.18 Å². The van der Waals surface area contributed by atoms with Crippen molar-refractivity contribution in [3.8, 4) is 0 Å². The lowest BCUT2D eigenvalue weighted by molar-refractivity contribution is -0.118. The zero-order valence-electron chi connectivity index (χ0n) is 8.84. The number of nitrogens with zero attached hydrogens (tertiary/aromatic N) is 1. The predicted molar refractivity (Wildman–Crippen MR) is 61.5 cm³/mol. The fourth-order valence-corrected chi connectivity index (χ4v) is 1.25. The van der Waals surface area contributed by atoms with Crippen LogP contribution in [-0.2, 0) is 4.79 Å². The van der Waals surface area contributed by atoms with E-state index in [9.17, 15) is 9.18 Å². The Morgan fingerprint density at radius 2 is 2.44 bits per heavy atom. The van der Waals surface area contributed by atoms with Gasteiger partial charge in [0, 0.05) is 19.7 Å². The van der Waals surface area contributed by atoms with E-state index in [1.165, 1.54) is 19.2 Å². The van der Waals surface area contributed by atoms with Crippen molar-refractivity contribution >= 4 is 23.6 Å². The third kappa shape index (κ3) is 4.40. The number of hydrogen-bond donors (Lipinski definition) is 1. The van der Waals surface area contributed by atoms with Gasteiger partial charge in [-0.25, -0.2) is 4.98 Å². The lowest BCUT2D eigenvalue weighted by Crippen LogP contribution is -2.20. The number of amides is 1. The number of pyridine rings is 1. The number of aromatic nitrogens is 1. The van der Waals surface area contributed by atoms with Gasteiger partial charge in [-0.3, -0.25) is 4.79 Å². The van der Waals surface area contributed by atoms with Crippen LogP contribution >= 0.6 is 11.6 Å². The van der Waals surface area contributed by atoms with Crippen LogP contribution in [0.2, 0.25) is 5.02 Å². The molecule has 1 heterocycles. The number of rotatable bonds is 4. The van der Waals surface area contributed by atoms with Gasteiger partial charge in [0.25, 0.3) is 0 Å². The van der Waals surface area contributed by atoms with E-state index in [-0.39, 0.29) is 10.9 Å². The van der Waals surface area contributed by atoms with Crippen LogP contribution in [0.15, 0.2) is 18.3 Å². The fourth-order valence-electron chi connectivity index (χ4n) is 1.08. The maximum Gasteiger partial charge on any atom is 0.231 e. The maximum atomic E-state index is 12.7. The first-order valence-corrected chi connectivity index (χ1v) is 5.19. The maximum absolute atomic E-state index is 12.7. The smallest absolute Gasteiger partial charge is 0.231 e.